The van der Waals surface area contributed by atoms with Gasteiger partial charge < -0.3 is 5.11 Å². The largest absolute Gasteiger partial charge is 0.385 e. The minimum atomic E-state index is -0.771. The van der Waals surface area contributed by atoms with E-state index < -0.39 is 5.60 Å². The van der Waals surface area contributed by atoms with Crippen molar-refractivity contribution < 1.29 is 5.11 Å². The molecule has 0 saturated carbocycles. The molecule has 0 fully saturated rings. The van der Waals surface area contributed by atoms with Crippen molar-refractivity contribution in [2.75, 3.05) is 0 Å². The van der Waals surface area contributed by atoms with Gasteiger partial charge in [0, 0.05) is 29.2 Å². The molecule has 1 atom stereocenters. The van der Waals surface area contributed by atoms with Gasteiger partial charge >= 0.3 is 0 Å². The smallest absolute Gasteiger partial charge is 0.0970 e. The van der Waals surface area contributed by atoms with Gasteiger partial charge in [-0.15, -0.1) is 0 Å². The molecular formula is C16H19BrN2O. The number of hydrogen-bond acceptors (Lipinski definition) is 2. The van der Waals surface area contributed by atoms with Crippen LogP contribution in [0.2, 0.25) is 0 Å². The van der Waals surface area contributed by atoms with E-state index in [1.54, 1.807) is 0 Å². The SMILES string of the molecule is CCCn1cc(C2(O)CCc3cc(Br)ccc3C2)cn1. The van der Waals surface area contributed by atoms with Gasteiger partial charge in [0.05, 0.1) is 11.8 Å². The summed E-state index contributed by atoms with van der Waals surface area (Å²) in [5, 5.41) is 15.3. The normalized spacial score (nSPS) is 21.8. The molecule has 4 heteroatoms. The number of hydrogen-bond donors (Lipinski definition) is 1. The van der Waals surface area contributed by atoms with E-state index in [1.165, 1.54) is 11.1 Å². The van der Waals surface area contributed by atoms with Crippen LogP contribution in [0.3, 0.4) is 0 Å². The van der Waals surface area contributed by atoms with E-state index in [-0.39, 0.29) is 0 Å². The third-order valence-electron chi connectivity index (χ3n) is 4.08. The van der Waals surface area contributed by atoms with Gasteiger partial charge in [-0.3, -0.25) is 4.68 Å². The first-order chi connectivity index (χ1) is 9.60. The summed E-state index contributed by atoms with van der Waals surface area (Å²) >= 11 is 3.51. The van der Waals surface area contributed by atoms with Crippen molar-refractivity contribution in [2.45, 2.75) is 44.8 Å². The Labute approximate surface area is 127 Å². The highest BCUT2D eigenvalue weighted by Crippen LogP contribution is 2.37. The fourth-order valence-electron chi connectivity index (χ4n) is 2.95. The molecule has 3 nitrogen and oxygen atoms in total. The topological polar surface area (TPSA) is 38.0 Å². The molecule has 0 saturated heterocycles. The Morgan fingerprint density at radius 3 is 3.05 bits per heavy atom. The molecule has 3 rings (SSSR count). The molecular weight excluding hydrogens is 316 g/mol. The Morgan fingerprint density at radius 1 is 1.40 bits per heavy atom. The summed E-state index contributed by atoms with van der Waals surface area (Å²) in [6, 6.07) is 6.32. The molecule has 2 aromatic rings. The van der Waals surface area contributed by atoms with Crippen LogP contribution in [-0.2, 0) is 25.0 Å². The maximum absolute atomic E-state index is 11.0. The van der Waals surface area contributed by atoms with Crippen LogP contribution < -0.4 is 0 Å². The van der Waals surface area contributed by atoms with E-state index in [1.807, 2.05) is 23.1 Å². The number of rotatable bonds is 3. The summed E-state index contributed by atoms with van der Waals surface area (Å²) in [6.07, 6.45) is 7.20. The van der Waals surface area contributed by atoms with E-state index in [4.69, 9.17) is 0 Å². The van der Waals surface area contributed by atoms with Gasteiger partial charge in [-0.2, -0.15) is 5.10 Å². The average Bonchev–Trinajstić information content (AvgIpc) is 2.89. The van der Waals surface area contributed by atoms with Crippen LogP contribution in [0.4, 0.5) is 0 Å². The summed E-state index contributed by atoms with van der Waals surface area (Å²) < 4.78 is 3.03. The van der Waals surface area contributed by atoms with Crippen LogP contribution in [0.25, 0.3) is 0 Å². The second-order valence-electron chi connectivity index (χ2n) is 5.61. The van der Waals surface area contributed by atoms with Gasteiger partial charge in [-0.05, 0) is 42.5 Å². The zero-order valence-corrected chi connectivity index (χ0v) is 13.2. The van der Waals surface area contributed by atoms with Crippen molar-refractivity contribution in [1.82, 2.24) is 9.78 Å². The van der Waals surface area contributed by atoms with Gasteiger partial charge in [0.25, 0.3) is 0 Å². The van der Waals surface area contributed by atoms with E-state index in [2.05, 4.69) is 40.1 Å². The number of benzene rings is 1. The molecule has 1 aliphatic rings. The van der Waals surface area contributed by atoms with E-state index in [0.29, 0.717) is 6.42 Å². The van der Waals surface area contributed by atoms with Gasteiger partial charge in [-0.1, -0.05) is 28.9 Å². The second kappa shape index (κ2) is 5.34. The predicted octanol–water partition coefficient (Wildman–Crippen LogP) is 3.43. The maximum Gasteiger partial charge on any atom is 0.0970 e. The molecule has 1 aliphatic carbocycles. The molecule has 106 valence electrons. The number of aromatic nitrogens is 2. The van der Waals surface area contributed by atoms with Gasteiger partial charge in [-0.25, -0.2) is 0 Å². The Hall–Kier alpha value is -1.13. The summed E-state index contributed by atoms with van der Waals surface area (Å²) in [7, 11) is 0. The lowest BCUT2D eigenvalue weighted by Gasteiger charge is -2.33. The average molecular weight is 335 g/mol. The minimum Gasteiger partial charge on any atom is -0.385 e. The molecule has 1 aromatic carbocycles. The Bertz CT molecular complexity index is 623. The number of aliphatic hydroxyl groups is 1. The second-order valence-corrected chi connectivity index (χ2v) is 6.53. The molecule has 0 amide bonds. The predicted molar refractivity (Wildman–Crippen MR) is 82.6 cm³/mol. The Balaban J connectivity index is 1.88. The van der Waals surface area contributed by atoms with Crippen molar-refractivity contribution >= 4 is 15.9 Å². The van der Waals surface area contributed by atoms with E-state index in [0.717, 1.165) is 35.8 Å². The van der Waals surface area contributed by atoms with Crippen molar-refractivity contribution in [3.63, 3.8) is 0 Å². The third kappa shape index (κ3) is 2.54. The Kier molecular flexibility index (Phi) is 3.69. The Morgan fingerprint density at radius 2 is 2.25 bits per heavy atom. The summed E-state index contributed by atoms with van der Waals surface area (Å²) in [6.45, 7) is 3.03. The number of fused-ring (bicyclic) bond motifs is 1. The molecule has 0 radical (unpaired) electrons. The number of nitrogens with zero attached hydrogens (tertiary/aromatic N) is 2. The van der Waals surface area contributed by atoms with Crippen molar-refractivity contribution in [3.05, 3.63) is 51.8 Å². The van der Waals surface area contributed by atoms with Crippen molar-refractivity contribution in [3.8, 4) is 0 Å². The van der Waals surface area contributed by atoms with Crippen LogP contribution in [0.1, 0.15) is 36.5 Å². The first-order valence-electron chi connectivity index (χ1n) is 7.13. The van der Waals surface area contributed by atoms with E-state index >= 15 is 0 Å². The van der Waals surface area contributed by atoms with Crippen molar-refractivity contribution in [1.29, 1.82) is 0 Å². The number of aryl methyl sites for hydroxylation is 2. The lowest BCUT2D eigenvalue weighted by molar-refractivity contribution is 0.0221. The molecule has 1 aromatic heterocycles. The quantitative estimate of drug-likeness (QED) is 0.933. The third-order valence-corrected chi connectivity index (χ3v) is 4.58. The summed E-state index contributed by atoms with van der Waals surface area (Å²) in [4.78, 5) is 0. The first kappa shape index (κ1) is 13.8. The monoisotopic (exact) mass is 334 g/mol. The van der Waals surface area contributed by atoms with Crippen molar-refractivity contribution in [2.24, 2.45) is 0 Å². The van der Waals surface area contributed by atoms with Gasteiger partial charge in [0.2, 0.25) is 0 Å². The molecule has 1 heterocycles. The van der Waals surface area contributed by atoms with E-state index in [9.17, 15) is 5.11 Å². The fraction of sp³-hybridized carbons (Fsp3) is 0.438. The van der Waals surface area contributed by atoms with Gasteiger partial charge in [0.15, 0.2) is 0 Å². The highest BCUT2D eigenvalue weighted by Gasteiger charge is 2.34. The minimum absolute atomic E-state index is 0.674. The standard InChI is InChI=1S/C16H19BrN2O/c1-2-7-19-11-14(10-18-19)16(20)6-5-12-8-15(17)4-3-13(12)9-16/h3-4,8,10-11,20H,2,5-7,9H2,1H3. The molecule has 0 aliphatic heterocycles. The van der Waals surface area contributed by atoms with Crippen LogP contribution in [0, 0.1) is 0 Å². The molecule has 1 unspecified atom stereocenters. The van der Waals surface area contributed by atoms with Gasteiger partial charge in [0.1, 0.15) is 0 Å². The highest BCUT2D eigenvalue weighted by molar-refractivity contribution is 9.10. The van der Waals surface area contributed by atoms with Crippen LogP contribution in [0.5, 0.6) is 0 Å². The fourth-order valence-corrected chi connectivity index (χ4v) is 3.35. The summed E-state index contributed by atoms with van der Waals surface area (Å²) in [5.41, 5.74) is 2.75. The lowest BCUT2D eigenvalue weighted by atomic mass is 9.77. The van der Waals surface area contributed by atoms with Crippen LogP contribution >= 0.6 is 15.9 Å². The molecule has 20 heavy (non-hydrogen) atoms. The first-order valence-corrected chi connectivity index (χ1v) is 7.92. The maximum atomic E-state index is 11.0. The van der Waals surface area contributed by atoms with Crippen LogP contribution in [-0.4, -0.2) is 14.9 Å². The molecule has 0 bridgehead atoms. The summed E-state index contributed by atoms with van der Waals surface area (Å²) in [5.74, 6) is 0. The zero-order chi connectivity index (χ0) is 14.2. The molecule has 0 spiro atoms. The highest BCUT2D eigenvalue weighted by atomic mass is 79.9. The zero-order valence-electron chi connectivity index (χ0n) is 11.6. The lowest BCUT2D eigenvalue weighted by Crippen LogP contribution is -2.32. The molecule has 1 N–H and O–H groups in total. The van der Waals surface area contributed by atoms with Crippen LogP contribution in [0.15, 0.2) is 35.1 Å². The number of halogens is 1.